The van der Waals surface area contributed by atoms with Crippen molar-refractivity contribution in [1.82, 2.24) is 10.7 Å². The first-order valence-corrected chi connectivity index (χ1v) is 5.29. The van der Waals surface area contributed by atoms with E-state index in [2.05, 4.69) is 5.32 Å². The normalized spacial score (nSPS) is 11.9. The smallest absolute Gasteiger partial charge is 0.323 e. The van der Waals surface area contributed by atoms with Crippen LogP contribution in [0, 0.1) is 5.92 Å². The summed E-state index contributed by atoms with van der Waals surface area (Å²) < 4.78 is 0. The fourth-order valence-corrected chi connectivity index (χ4v) is 1.44. The van der Waals surface area contributed by atoms with Gasteiger partial charge in [-0.15, -0.1) is 0 Å². The van der Waals surface area contributed by atoms with Gasteiger partial charge in [0.2, 0.25) is 0 Å². The van der Waals surface area contributed by atoms with Crippen molar-refractivity contribution in [3.05, 3.63) is 0 Å². The van der Waals surface area contributed by atoms with Crippen LogP contribution >= 0.6 is 11.8 Å². The van der Waals surface area contributed by atoms with E-state index in [0.29, 0.717) is 12.5 Å². The zero-order valence-electron chi connectivity index (χ0n) is 7.79. The molecule has 0 aliphatic heterocycles. The van der Waals surface area contributed by atoms with E-state index in [4.69, 9.17) is 5.84 Å². The molecule has 1 unspecified atom stereocenters. The number of thioether (sulfide) groups is 1. The van der Waals surface area contributed by atoms with Gasteiger partial charge in [0.25, 0.3) is 0 Å². The molecule has 0 rings (SSSR count). The Bertz CT molecular complexity index is 187. The van der Waals surface area contributed by atoms with Gasteiger partial charge in [0, 0.05) is 6.54 Å². The van der Waals surface area contributed by atoms with Crippen molar-refractivity contribution >= 4 is 23.6 Å². The van der Waals surface area contributed by atoms with Gasteiger partial charge in [-0.25, -0.2) is 5.84 Å². The van der Waals surface area contributed by atoms with E-state index < -0.39 is 11.8 Å². The third kappa shape index (κ3) is 5.48. The SMILES string of the molecule is CSCC(C)CNC(=O)C(=O)NN. The number of rotatable bonds is 4. The minimum Gasteiger partial charge on any atom is -0.347 e. The number of amides is 2. The Morgan fingerprint density at radius 1 is 1.46 bits per heavy atom. The van der Waals surface area contributed by atoms with Gasteiger partial charge in [0.05, 0.1) is 0 Å². The Morgan fingerprint density at radius 2 is 2.08 bits per heavy atom. The summed E-state index contributed by atoms with van der Waals surface area (Å²) in [5.41, 5.74) is 1.76. The van der Waals surface area contributed by atoms with E-state index in [1.54, 1.807) is 17.2 Å². The first kappa shape index (κ1) is 12.2. The fourth-order valence-electron chi connectivity index (χ4n) is 0.756. The first-order chi connectivity index (χ1) is 6.11. The standard InChI is InChI=1S/C7H15N3O2S/c1-5(4-13-2)3-9-6(11)7(12)10-8/h5H,3-4,8H2,1-2H3,(H,9,11)(H,10,12). The molecule has 1 atom stereocenters. The molecule has 0 bridgehead atoms. The molecule has 0 saturated heterocycles. The number of carbonyl (C=O) groups is 2. The highest BCUT2D eigenvalue weighted by atomic mass is 32.2. The van der Waals surface area contributed by atoms with Crippen LogP contribution in [-0.4, -0.2) is 30.4 Å². The molecule has 13 heavy (non-hydrogen) atoms. The highest BCUT2D eigenvalue weighted by molar-refractivity contribution is 7.98. The number of nitrogens with one attached hydrogen (secondary N) is 2. The molecule has 6 heteroatoms. The number of carbonyl (C=O) groups excluding carboxylic acids is 2. The lowest BCUT2D eigenvalue weighted by Crippen LogP contribution is -2.44. The van der Waals surface area contributed by atoms with Crippen molar-refractivity contribution in [3.8, 4) is 0 Å². The lowest BCUT2D eigenvalue weighted by molar-refractivity contribution is -0.139. The van der Waals surface area contributed by atoms with Gasteiger partial charge in [-0.1, -0.05) is 6.92 Å². The van der Waals surface area contributed by atoms with E-state index in [1.165, 1.54) is 0 Å². The molecule has 0 aliphatic rings. The summed E-state index contributed by atoms with van der Waals surface area (Å²) in [6.45, 7) is 2.49. The van der Waals surface area contributed by atoms with Gasteiger partial charge in [-0.3, -0.25) is 15.0 Å². The van der Waals surface area contributed by atoms with Crippen molar-refractivity contribution in [2.45, 2.75) is 6.92 Å². The number of hydrogen-bond acceptors (Lipinski definition) is 4. The zero-order valence-corrected chi connectivity index (χ0v) is 8.61. The summed E-state index contributed by atoms with van der Waals surface area (Å²) in [6, 6.07) is 0. The molecule has 0 fully saturated rings. The van der Waals surface area contributed by atoms with Crippen LogP contribution in [0.3, 0.4) is 0 Å². The monoisotopic (exact) mass is 205 g/mol. The van der Waals surface area contributed by atoms with Crippen LogP contribution < -0.4 is 16.6 Å². The Morgan fingerprint density at radius 3 is 2.54 bits per heavy atom. The molecule has 76 valence electrons. The van der Waals surface area contributed by atoms with Gasteiger partial charge in [0.15, 0.2) is 0 Å². The van der Waals surface area contributed by atoms with Gasteiger partial charge in [-0.2, -0.15) is 11.8 Å². The van der Waals surface area contributed by atoms with Crippen molar-refractivity contribution in [1.29, 1.82) is 0 Å². The van der Waals surface area contributed by atoms with Crippen LogP contribution in [0.25, 0.3) is 0 Å². The maximum absolute atomic E-state index is 10.9. The number of nitrogens with two attached hydrogens (primary N) is 1. The third-order valence-electron chi connectivity index (χ3n) is 1.40. The molecule has 0 aromatic heterocycles. The van der Waals surface area contributed by atoms with Crippen molar-refractivity contribution in [3.63, 3.8) is 0 Å². The fraction of sp³-hybridized carbons (Fsp3) is 0.714. The van der Waals surface area contributed by atoms with E-state index in [0.717, 1.165) is 5.75 Å². The molecule has 4 N–H and O–H groups in total. The van der Waals surface area contributed by atoms with Gasteiger partial charge in [0.1, 0.15) is 0 Å². The quantitative estimate of drug-likeness (QED) is 0.240. The summed E-state index contributed by atoms with van der Waals surface area (Å²) >= 11 is 1.70. The summed E-state index contributed by atoms with van der Waals surface area (Å²) in [5.74, 6) is 4.58. The Hall–Kier alpha value is -0.750. The third-order valence-corrected chi connectivity index (χ3v) is 2.30. The maximum atomic E-state index is 10.9. The molecule has 0 spiro atoms. The van der Waals surface area contributed by atoms with Crippen LogP contribution in [0.1, 0.15) is 6.92 Å². The number of hydrogen-bond donors (Lipinski definition) is 3. The first-order valence-electron chi connectivity index (χ1n) is 3.89. The molecule has 0 aromatic rings. The van der Waals surface area contributed by atoms with Gasteiger partial charge in [-0.05, 0) is 17.9 Å². The predicted octanol–water partition coefficient (Wildman–Crippen LogP) is -0.908. The van der Waals surface area contributed by atoms with E-state index in [-0.39, 0.29) is 0 Å². The van der Waals surface area contributed by atoms with Crippen molar-refractivity contribution in [2.24, 2.45) is 11.8 Å². The summed E-state index contributed by atoms with van der Waals surface area (Å²) in [4.78, 5) is 21.5. The minimum atomic E-state index is -0.809. The second-order valence-electron chi connectivity index (χ2n) is 2.74. The molecule has 0 aromatic carbocycles. The van der Waals surface area contributed by atoms with E-state index in [9.17, 15) is 9.59 Å². The Kier molecular flexibility index (Phi) is 6.34. The summed E-state index contributed by atoms with van der Waals surface area (Å²) in [6.07, 6.45) is 1.99. The lowest BCUT2D eigenvalue weighted by Gasteiger charge is -2.09. The van der Waals surface area contributed by atoms with E-state index >= 15 is 0 Å². The molecular weight excluding hydrogens is 190 g/mol. The van der Waals surface area contributed by atoms with Gasteiger partial charge < -0.3 is 5.32 Å². The molecule has 0 heterocycles. The molecule has 0 radical (unpaired) electrons. The average molecular weight is 205 g/mol. The number of hydrazine groups is 1. The second kappa shape index (κ2) is 6.73. The van der Waals surface area contributed by atoms with Crippen LogP contribution in [0.15, 0.2) is 0 Å². The van der Waals surface area contributed by atoms with Crippen LogP contribution in [0.2, 0.25) is 0 Å². The van der Waals surface area contributed by atoms with Crippen LogP contribution in [-0.2, 0) is 9.59 Å². The van der Waals surface area contributed by atoms with Crippen molar-refractivity contribution < 1.29 is 9.59 Å². The summed E-state index contributed by atoms with van der Waals surface area (Å²) in [5, 5.41) is 2.47. The maximum Gasteiger partial charge on any atom is 0.323 e. The molecule has 2 amide bonds. The Balaban J connectivity index is 3.63. The average Bonchev–Trinajstić information content (AvgIpc) is 2.13. The zero-order chi connectivity index (χ0) is 10.3. The predicted molar refractivity (Wildman–Crippen MR) is 52.9 cm³/mol. The summed E-state index contributed by atoms with van der Waals surface area (Å²) in [7, 11) is 0. The Labute approximate surface area is 81.8 Å². The molecule has 5 nitrogen and oxygen atoms in total. The highest BCUT2D eigenvalue weighted by Gasteiger charge is 2.11. The topological polar surface area (TPSA) is 84.2 Å². The van der Waals surface area contributed by atoms with Gasteiger partial charge >= 0.3 is 11.8 Å². The van der Waals surface area contributed by atoms with E-state index in [1.807, 2.05) is 13.2 Å². The lowest BCUT2D eigenvalue weighted by atomic mass is 10.2. The second-order valence-corrected chi connectivity index (χ2v) is 3.65. The van der Waals surface area contributed by atoms with Crippen molar-refractivity contribution in [2.75, 3.05) is 18.6 Å². The highest BCUT2D eigenvalue weighted by Crippen LogP contribution is 2.02. The minimum absolute atomic E-state index is 0.351. The molecular formula is C7H15N3O2S. The van der Waals surface area contributed by atoms with Crippen LogP contribution in [0.5, 0.6) is 0 Å². The van der Waals surface area contributed by atoms with Crippen LogP contribution in [0.4, 0.5) is 0 Å². The molecule has 0 aliphatic carbocycles. The molecule has 0 saturated carbocycles. The largest absolute Gasteiger partial charge is 0.347 e.